The molecule has 0 amide bonds. The number of pyridine rings is 2. The minimum absolute atomic E-state index is 0. The van der Waals surface area contributed by atoms with Crippen molar-refractivity contribution >= 4 is 29.1 Å². The number of fused-ring (bicyclic) bond motifs is 1. The Hall–Kier alpha value is -2.13. The molecule has 0 saturated carbocycles. The second-order valence-electron chi connectivity index (χ2n) is 4.46. The lowest BCUT2D eigenvalue weighted by Crippen LogP contribution is -1.98. The van der Waals surface area contributed by atoms with Crippen molar-refractivity contribution in [2.24, 2.45) is 0 Å². The number of nitrogens with two attached hydrogens (primary N) is 1. The van der Waals surface area contributed by atoms with E-state index in [0.29, 0.717) is 5.82 Å². The summed E-state index contributed by atoms with van der Waals surface area (Å²) < 4.78 is 0. The van der Waals surface area contributed by atoms with Crippen LogP contribution in [0, 0.1) is 0 Å². The van der Waals surface area contributed by atoms with Crippen LogP contribution in [0.4, 0.5) is 5.82 Å². The van der Waals surface area contributed by atoms with Gasteiger partial charge in [-0.05, 0) is 24.6 Å². The van der Waals surface area contributed by atoms with Crippen LogP contribution < -0.4 is 5.73 Å². The molecule has 3 nitrogen and oxygen atoms in total. The van der Waals surface area contributed by atoms with Crippen LogP contribution in [0.15, 0.2) is 48.7 Å². The lowest BCUT2D eigenvalue weighted by atomic mass is 9.99. The van der Waals surface area contributed by atoms with Gasteiger partial charge in [0, 0.05) is 22.7 Å². The van der Waals surface area contributed by atoms with Crippen molar-refractivity contribution in [2.75, 3.05) is 5.73 Å². The maximum absolute atomic E-state index is 5.77. The molecule has 0 fully saturated rings. The van der Waals surface area contributed by atoms with Crippen LogP contribution in [0.1, 0.15) is 12.6 Å². The number of benzene rings is 1. The van der Waals surface area contributed by atoms with Gasteiger partial charge in [0.05, 0.1) is 11.2 Å². The van der Waals surface area contributed by atoms with Crippen LogP contribution in [0.25, 0.3) is 22.0 Å². The molecule has 0 radical (unpaired) electrons. The van der Waals surface area contributed by atoms with Gasteiger partial charge in [0.2, 0.25) is 0 Å². The highest BCUT2D eigenvalue weighted by molar-refractivity contribution is 5.94. The molecule has 0 saturated heterocycles. The third-order valence-electron chi connectivity index (χ3n) is 3.25. The molecule has 0 bridgehead atoms. The summed E-state index contributed by atoms with van der Waals surface area (Å²) >= 11 is 0. The van der Waals surface area contributed by atoms with E-state index in [1.54, 1.807) is 0 Å². The average molecular weight is 286 g/mol. The maximum Gasteiger partial charge on any atom is 0.123 e. The third kappa shape index (κ3) is 2.45. The van der Waals surface area contributed by atoms with Gasteiger partial charge in [-0.15, -0.1) is 12.4 Å². The van der Waals surface area contributed by atoms with Crippen molar-refractivity contribution in [1.82, 2.24) is 9.97 Å². The molecule has 102 valence electrons. The molecule has 1 aromatic carbocycles. The Morgan fingerprint density at radius 3 is 2.60 bits per heavy atom. The molecule has 0 aliphatic rings. The minimum Gasteiger partial charge on any atom is -0.384 e. The standard InChI is InChI=1S/C16H15N3.ClH/c1-2-14-12(8-9-15(17)19-14)13-7-3-5-11-6-4-10-18-16(11)13;/h3-10H,2H2,1H3,(H2,17,19);1H. The first kappa shape index (κ1) is 14.3. The van der Waals surface area contributed by atoms with Gasteiger partial charge in [0.15, 0.2) is 0 Å². The van der Waals surface area contributed by atoms with E-state index in [1.165, 1.54) is 0 Å². The summed E-state index contributed by atoms with van der Waals surface area (Å²) in [6.07, 6.45) is 2.67. The second-order valence-corrected chi connectivity index (χ2v) is 4.46. The molecule has 3 rings (SSSR count). The SMILES string of the molecule is CCc1nc(N)ccc1-c1cccc2cccnc12.Cl. The zero-order valence-electron chi connectivity index (χ0n) is 11.2. The Morgan fingerprint density at radius 1 is 1.00 bits per heavy atom. The Labute approximate surface area is 124 Å². The topological polar surface area (TPSA) is 51.8 Å². The van der Waals surface area contributed by atoms with Crippen molar-refractivity contribution in [3.63, 3.8) is 0 Å². The third-order valence-corrected chi connectivity index (χ3v) is 3.25. The summed E-state index contributed by atoms with van der Waals surface area (Å²) in [5, 5.41) is 1.14. The van der Waals surface area contributed by atoms with Gasteiger partial charge in [-0.3, -0.25) is 4.98 Å². The lowest BCUT2D eigenvalue weighted by molar-refractivity contribution is 1.05. The van der Waals surface area contributed by atoms with Crippen LogP contribution in [-0.4, -0.2) is 9.97 Å². The number of nitrogen functional groups attached to an aromatic ring is 1. The fourth-order valence-corrected chi connectivity index (χ4v) is 2.35. The summed E-state index contributed by atoms with van der Waals surface area (Å²) in [4.78, 5) is 8.92. The molecule has 0 aliphatic carbocycles. The number of aromatic nitrogens is 2. The van der Waals surface area contributed by atoms with E-state index in [2.05, 4.69) is 41.2 Å². The van der Waals surface area contributed by atoms with Gasteiger partial charge in [-0.25, -0.2) is 4.98 Å². The predicted molar refractivity (Wildman–Crippen MR) is 86.0 cm³/mol. The fourth-order valence-electron chi connectivity index (χ4n) is 2.35. The highest BCUT2D eigenvalue weighted by Gasteiger charge is 2.09. The number of hydrogen-bond acceptors (Lipinski definition) is 3. The summed E-state index contributed by atoms with van der Waals surface area (Å²) in [6.45, 7) is 2.09. The normalized spacial score (nSPS) is 10.2. The van der Waals surface area contributed by atoms with E-state index in [9.17, 15) is 0 Å². The van der Waals surface area contributed by atoms with Gasteiger partial charge < -0.3 is 5.73 Å². The van der Waals surface area contributed by atoms with Crippen LogP contribution in [-0.2, 0) is 6.42 Å². The smallest absolute Gasteiger partial charge is 0.123 e. The summed E-state index contributed by atoms with van der Waals surface area (Å²) in [5.41, 5.74) is 10.0. The van der Waals surface area contributed by atoms with E-state index >= 15 is 0 Å². The number of hydrogen-bond donors (Lipinski definition) is 1. The maximum atomic E-state index is 5.77. The zero-order valence-corrected chi connectivity index (χ0v) is 12.0. The molecule has 2 heterocycles. The van der Waals surface area contributed by atoms with E-state index < -0.39 is 0 Å². The quantitative estimate of drug-likeness (QED) is 0.778. The van der Waals surface area contributed by atoms with E-state index in [4.69, 9.17) is 5.73 Å². The number of anilines is 1. The number of halogens is 1. The highest BCUT2D eigenvalue weighted by Crippen LogP contribution is 2.29. The van der Waals surface area contributed by atoms with Gasteiger partial charge in [-0.2, -0.15) is 0 Å². The number of nitrogens with zero attached hydrogens (tertiary/aromatic N) is 2. The van der Waals surface area contributed by atoms with Gasteiger partial charge in [0.25, 0.3) is 0 Å². The summed E-state index contributed by atoms with van der Waals surface area (Å²) in [6, 6.07) is 14.1. The molecular formula is C16H16ClN3. The first-order valence-electron chi connectivity index (χ1n) is 6.39. The van der Waals surface area contributed by atoms with E-state index in [0.717, 1.165) is 34.1 Å². The molecule has 0 unspecified atom stereocenters. The molecule has 3 aromatic rings. The number of para-hydroxylation sites is 1. The second kappa shape index (κ2) is 5.88. The van der Waals surface area contributed by atoms with E-state index in [1.807, 2.05) is 24.4 Å². The van der Waals surface area contributed by atoms with Crippen LogP contribution in [0.5, 0.6) is 0 Å². The molecule has 2 aromatic heterocycles. The number of aryl methyl sites for hydroxylation is 1. The molecular weight excluding hydrogens is 270 g/mol. The molecule has 0 spiro atoms. The average Bonchev–Trinajstić information content (AvgIpc) is 2.46. The molecule has 2 N–H and O–H groups in total. The lowest BCUT2D eigenvalue weighted by Gasteiger charge is -2.10. The molecule has 0 aliphatic heterocycles. The molecule has 4 heteroatoms. The van der Waals surface area contributed by atoms with Crippen molar-refractivity contribution in [1.29, 1.82) is 0 Å². The Bertz CT molecular complexity index is 735. The van der Waals surface area contributed by atoms with Gasteiger partial charge in [-0.1, -0.05) is 31.2 Å². The van der Waals surface area contributed by atoms with Crippen LogP contribution in [0.3, 0.4) is 0 Å². The molecule has 0 atom stereocenters. The van der Waals surface area contributed by atoms with Crippen LogP contribution in [0.2, 0.25) is 0 Å². The first-order valence-corrected chi connectivity index (χ1v) is 6.39. The first-order chi connectivity index (χ1) is 9.29. The summed E-state index contributed by atoms with van der Waals surface area (Å²) in [7, 11) is 0. The summed E-state index contributed by atoms with van der Waals surface area (Å²) in [5.74, 6) is 0.564. The van der Waals surface area contributed by atoms with Gasteiger partial charge in [0.1, 0.15) is 5.82 Å². The Morgan fingerprint density at radius 2 is 1.80 bits per heavy atom. The molecule has 20 heavy (non-hydrogen) atoms. The fraction of sp³-hybridized carbons (Fsp3) is 0.125. The number of rotatable bonds is 2. The van der Waals surface area contributed by atoms with Gasteiger partial charge >= 0.3 is 0 Å². The highest BCUT2D eigenvalue weighted by atomic mass is 35.5. The monoisotopic (exact) mass is 285 g/mol. The largest absolute Gasteiger partial charge is 0.384 e. The predicted octanol–water partition coefficient (Wildman–Crippen LogP) is 3.86. The van der Waals surface area contributed by atoms with E-state index in [-0.39, 0.29) is 12.4 Å². The van der Waals surface area contributed by atoms with Crippen molar-refractivity contribution in [3.8, 4) is 11.1 Å². The minimum atomic E-state index is 0. The zero-order chi connectivity index (χ0) is 13.2. The van der Waals surface area contributed by atoms with Crippen LogP contribution >= 0.6 is 12.4 Å². The van der Waals surface area contributed by atoms with Crippen molar-refractivity contribution in [2.45, 2.75) is 13.3 Å². The van der Waals surface area contributed by atoms with Crippen molar-refractivity contribution in [3.05, 3.63) is 54.4 Å². The Balaban J connectivity index is 0.00000147. The van der Waals surface area contributed by atoms with Crippen molar-refractivity contribution < 1.29 is 0 Å². The Kier molecular flexibility index (Phi) is 4.20.